The molecule has 1 fully saturated rings. The lowest BCUT2D eigenvalue weighted by Crippen LogP contribution is -2.52. The van der Waals surface area contributed by atoms with Crippen LogP contribution < -0.4 is 10.2 Å². The summed E-state index contributed by atoms with van der Waals surface area (Å²) in [6.45, 7) is 0.874. The quantitative estimate of drug-likeness (QED) is 0.479. The first-order valence-electron chi connectivity index (χ1n) is 10.1. The van der Waals surface area contributed by atoms with Gasteiger partial charge < -0.3 is 25.2 Å². The largest absolute Gasteiger partial charge is 0.480 e. The van der Waals surface area contributed by atoms with Crippen LogP contribution in [0, 0.1) is 0 Å². The smallest absolute Gasteiger partial charge is 0.323 e. The summed E-state index contributed by atoms with van der Waals surface area (Å²) in [7, 11) is 0. The molecule has 1 aliphatic rings. The molecule has 2 aromatic heterocycles. The summed E-state index contributed by atoms with van der Waals surface area (Å²) >= 11 is 12.0. The molecule has 1 amide bonds. The predicted octanol–water partition coefficient (Wildman–Crippen LogP) is 3.26. The van der Waals surface area contributed by atoms with Gasteiger partial charge in [0.05, 0.1) is 11.9 Å². The summed E-state index contributed by atoms with van der Waals surface area (Å²) in [5.74, 6) is -0.504. The fourth-order valence-corrected chi connectivity index (χ4v) is 4.52. The van der Waals surface area contributed by atoms with E-state index in [9.17, 15) is 14.7 Å². The lowest BCUT2D eigenvalue weighted by atomic mass is 10.0. The van der Waals surface area contributed by atoms with Gasteiger partial charge in [-0.2, -0.15) is 0 Å². The van der Waals surface area contributed by atoms with E-state index in [1.54, 1.807) is 34.2 Å². The number of nitrogens with one attached hydrogen (secondary N) is 2. The Morgan fingerprint density at radius 3 is 2.78 bits per heavy atom. The first kappa shape index (κ1) is 22.2. The zero-order valence-corrected chi connectivity index (χ0v) is 18.6. The molecule has 1 saturated heterocycles. The normalized spacial score (nSPS) is 16.2. The number of piperidine rings is 1. The van der Waals surface area contributed by atoms with E-state index in [0.717, 1.165) is 18.2 Å². The highest BCUT2D eigenvalue weighted by atomic mass is 35.5. The van der Waals surface area contributed by atoms with E-state index in [4.69, 9.17) is 23.2 Å². The van der Waals surface area contributed by atoms with Crippen molar-refractivity contribution >= 4 is 57.6 Å². The minimum Gasteiger partial charge on any atom is -0.480 e. The molecule has 3 aromatic rings. The predicted molar refractivity (Wildman–Crippen MR) is 123 cm³/mol. The molecule has 4 rings (SSSR count). The van der Waals surface area contributed by atoms with Crippen molar-refractivity contribution in [2.45, 2.75) is 18.9 Å². The van der Waals surface area contributed by atoms with Gasteiger partial charge >= 0.3 is 5.97 Å². The van der Waals surface area contributed by atoms with Gasteiger partial charge in [0.2, 0.25) is 5.91 Å². The monoisotopic (exact) mass is 476 g/mol. The van der Waals surface area contributed by atoms with Crippen LogP contribution in [0.3, 0.4) is 0 Å². The average Bonchev–Trinajstić information content (AvgIpc) is 3.24. The molecule has 32 heavy (non-hydrogen) atoms. The number of anilines is 2. The van der Waals surface area contributed by atoms with E-state index in [1.165, 1.54) is 6.33 Å². The van der Waals surface area contributed by atoms with Crippen molar-refractivity contribution in [3.63, 3.8) is 0 Å². The third kappa shape index (κ3) is 5.05. The molecule has 168 valence electrons. The molecule has 0 bridgehead atoms. The number of carbonyl (C=O) groups is 2. The van der Waals surface area contributed by atoms with E-state index >= 15 is 0 Å². The summed E-state index contributed by atoms with van der Waals surface area (Å²) in [5, 5.41) is 14.3. The standard InChI is InChI=1S/C21H22Cl2N6O3/c22-13-6-14(23)8-15(7-13)25-9-18(30)28-5-1-2-16(10-28)29(11-19(31)32)21-17-3-4-24-20(17)26-12-27-21/h3-4,6-8,12,16,25H,1-2,5,9-11H2,(H,31,32)(H,24,26,27). The second-order valence-electron chi connectivity index (χ2n) is 7.61. The van der Waals surface area contributed by atoms with Gasteiger partial charge in [0, 0.05) is 41.1 Å². The molecule has 1 aromatic carbocycles. The lowest BCUT2D eigenvalue weighted by molar-refractivity contribution is -0.135. The van der Waals surface area contributed by atoms with Crippen LogP contribution in [0.2, 0.25) is 10.0 Å². The fraction of sp³-hybridized carbons (Fsp3) is 0.333. The van der Waals surface area contributed by atoms with Gasteiger partial charge in [-0.05, 0) is 37.1 Å². The average molecular weight is 477 g/mol. The summed E-state index contributed by atoms with van der Waals surface area (Å²) in [6.07, 6.45) is 4.67. The fourth-order valence-electron chi connectivity index (χ4n) is 3.99. The maximum atomic E-state index is 12.9. The Labute approximate surface area is 194 Å². The van der Waals surface area contributed by atoms with Gasteiger partial charge in [-0.25, -0.2) is 9.97 Å². The number of halogens is 2. The SMILES string of the molecule is O=C(O)CN(c1ncnc2[nH]ccc12)C1CCCN(C(=O)CNc2cc(Cl)cc(Cl)c2)C1. The van der Waals surface area contributed by atoms with Crippen LogP contribution in [0.25, 0.3) is 11.0 Å². The number of likely N-dealkylation sites (tertiary alicyclic amines) is 1. The molecule has 9 nitrogen and oxygen atoms in total. The highest BCUT2D eigenvalue weighted by molar-refractivity contribution is 6.35. The van der Waals surface area contributed by atoms with E-state index in [2.05, 4.69) is 20.3 Å². The lowest BCUT2D eigenvalue weighted by Gasteiger charge is -2.39. The number of amides is 1. The number of rotatable bonds is 7. The Kier molecular flexibility index (Phi) is 6.66. The summed E-state index contributed by atoms with van der Waals surface area (Å²) in [6, 6.07) is 6.66. The second-order valence-corrected chi connectivity index (χ2v) is 8.48. The van der Waals surface area contributed by atoms with Gasteiger partial charge in [0.1, 0.15) is 24.3 Å². The molecular weight excluding hydrogens is 455 g/mol. The molecule has 1 atom stereocenters. The molecule has 3 N–H and O–H groups in total. The topological polar surface area (TPSA) is 114 Å². The van der Waals surface area contributed by atoms with Crippen LogP contribution in [0.4, 0.5) is 11.5 Å². The molecule has 0 radical (unpaired) electrons. The van der Waals surface area contributed by atoms with Gasteiger partial charge in [-0.1, -0.05) is 23.2 Å². The minimum atomic E-state index is -0.963. The number of carboxylic acids is 1. The van der Waals surface area contributed by atoms with E-state index in [0.29, 0.717) is 40.3 Å². The van der Waals surface area contributed by atoms with Crippen molar-refractivity contribution in [3.05, 3.63) is 46.8 Å². The molecular formula is C21H22Cl2N6O3. The highest BCUT2D eigenvalue weighted by Crippen LogP contribution is 2.27. The van der Waals surface area contributed by atoms with Gasteiger partial charge in [0.15, 0.2) is 0 Å². The number of aromatic nitrogens is 3. The Morgan fingerprint density at radius 2 is 2.03 bits per heavy atom. The Hall–Kier alpha value is -3.04. The number of benzene rings is 1. The van der Waals surface area contributed by atoms with Crippen LogP contribution in [0.15, 0.2) is 36.8 Å². The summed E-state index contributed by atoms with van der Waals surface area (Å²) < 4.78 is 0. The zero-order valence-electron chi connectivity index (χ0n) is 17.1. The Morgan fingerprint density at radius 1 is 1.25 bits per heavy atom. The molecule has 1 unspecified atom stereocenters. The maximum Gasteiger partial charge on any atom is 0.323 e. The van der Waals surface area contributed by atoms with Gasteiger partial charge in [-0.3, -0.25) is 9.59 Å². The Bertz CT molecular complexity index is 1120. The molecule has 11 heteroatoms. The van der Waals surface area contributed by atoms with Crippen molar-refractivity contribution < 1.29 is 14.7 Å². The third-order valence-corrected chi connectivity index (χ3v) is 5.84. The van der Waals surface area contributed by atoms with Crippen molar-refractivity contribution in [2.24, 2.45) is 0 Å². The van der Waals surface area contributed by atoms with Crippen molar-refractivity contribution in [2.75, 3.05) is 36.4 Å². The van der Waals surface area contributed by atoms with E-state index < -0.39 is 5.97 Å². The van der Waals surface area contributed by atoms with Gasteiger partial charge in [0.25, 0.3) is 0 Å². The van der Waals surface area contributed by atoms with Crippen molar-refractivity contribution in [3.8, 4) is 0 Å². The third-order valence-electron chi connectivity index (χ3n) is 5.41. The highest BCUT2D eigenvalue weighted by Gasteiger charge is 2.30. The molecule has 0 aliphatic carbocycles. The molecule has 3 heterocycles. The molecule has 1 aliphatic heterocycles. The Balaban J connectivity index is 1.48. The maximum absolute atomic E-state index is 12.9. The van der Waals surface area contributed by atoms with Crippen LogP contribution in [-0.4, -0.2) is 69.1 Å². The van der Waals surface area contributed by atoms with Crippen molar-refractivity contribution in [1.29, 1.82) is 0 Å². The number of nitrogens with zero attached hydrogens (tertiary/aromatic N) is 4. The number of carbonyl (C=O) groups excluding carboxylic acids is 1. The number of aliphatic carboxylic acids is 1. The number of fused-ring (bicyclic) bond motifs is 1. The van der Waals surface area contributed by atoms with Crippen LogP contribution in [0.1, 0.15) is 12.8 Å². The number of hydrogen-bond donors (Lipinski definition) is 3. The van der Waals surface area contributed by atoms with Gasteiger partial charge in [-0.15, -0.1) is 0 Å². The zero-order chi connectivity index (χ0) is 22.7. The van der Waals surface area contributed by atoms with Crippen LogP contribution in [0.5, 0.6) is 0 Å². The first-order valence-corrected chi connectivity index (χ1v) is 10.9. The second kappa shape index (κ2) is 9.62. The number of aromatic amines is 1. The van der Waals surface area contributed by atoms with Crippen molar-refractivity contribution in [1.82, 2.24) is 19.9 Å². The molecule has 0 saturated carbocycles. The summed E-state index contributed by atoms with van der Waals surface area (Å²) in [4.78, 5) is 39.6. The van der Waals surface area contributed by atoms with Crippen LogP contribution in [-0.2, 0) is 9.59 Å². The van der Waals surface area contributed by atoms with Crippen LogP contribution >= 0.6 is 23.2 Å². The summed E-state index contributed by atoms with van der Waals surface area (Å²) in [5.41, 5.74) is 1.30. The first-order chi connectivity index (χ1) is 15.4. The minimum absolute atomic E-state index is 0.0812. The number of H-pyrrole nitrogens is 1. The number of hydrogen-bond acceptors (Lipinski definition) is 6. The number of carboxylic acid groups (broad SMARTS) is 1. The van der Waals surface area contributed by atoms with E-state index in [-0.39, 0.29) is 25.0 Å². The van der Waals surface area contributed by atoms with E-state index in [1.807, 2.05) is 6.07 Å². The molecule has 0 spiro atoms.